The van der Waals surface area contributed by atoms with E-state index in [1.54, 1.807) is 7.11 Å². The highest BCUT2D eigenvalue weighted by Gasteiger charge is 2.15. The van der Waals surface area contributed by atoms with Crippen molar-refractivity contribution in [3.63, 3.8) is 0 Å². The largest absolute Gasteiger partial charge is 0.497 e. The first kappa shape index (κ1) is 12.1. The van der Waals surface area contributed by atoms with Crippen LogP contribution in [0.2, 0.25) is 0 Å². The Hall–Kier alpha value is -1.02. The molecule has 0 bridgehead atoms. The van der Waals surface area contributed by atoms with Gasteiger partial charge in [-0.25, -0.2) is 0 Å². The minimum Gasteiger partial charge on any atom is -0.497 e. The van der Waals surface area contributed by atoms with Crippen molar-refractivity contribution in [2.75, 3.05) is 7.11 Å². The summed E-state index contributed by atoms with van der Waals surface area (Å²) in [6, 6.07) is 8.20. The van der Waals surface area contributed by atoms with Crippen molar-refractivity contribution in [2.45, 2.75) is 32.7 Å². The van der Waals surface area contributed by atoms with Crippen LogP contribution in [0.5, 0.6) is 5.75 Å². The van der Waals surface area contributed by atoms with Gasteiger partial charge in [0.1, 0.15) is 5.75 Å². The standard InChI is InChI=1S/C13H21NO/c1-4-10(5-2)13(14)11-6-8-12(15-3)9-7-11/h6-10,13H,4-5,14H2,1-3H3. The summed E-state index contributed by atoms with van der Waals surface area (Å²) >= 11 is 0. The zero-order valence-corrected chi connectivity index (χ0v) is 9.86. The van der Waals surface area contributed by atoms with Crippen molar-refractivity contribution in [1.82, 2.24) is 0 Å². The molecule has 1 aromatic carbocycles. The van der Waals surface area contributed by atoms with Gasteiger partial charge in [-0.05, 0) is 23.6 Å². The summed E-state index contributed by atoms with van der Waals surface area (Å²) < 4.78 is 5.12. The topological polar surface area (TPSA) is 35.2 Å². The Morgan fingerprint density at radius 3 is 2.07 bits per heavy atom. The molecule has 0 saturated carbocycles. The molecule has 15 heavy (non-hydrogen) atoms. The summed E-state index contributed by atoms with van der Waals surface area (Å²) in [6.07, 6.45) is 2.26. The molecular weight excluding hydrogens is 186 g/mol. The first-order chi connectivity index (χ1) is 7.22. The number of hydrogen-bond donors (Lipinski definition) is 1. The normalized spacial score (nSPS) is 12.9. The second-order valence-corrected chi connectivity index (χ2v) is 3.88. The van der Waals surface area contributed by atoms with Crippen LogP contribution in [-0.4, -0.2) is 7.11 Å². The summed E-state index contributed by atoms with van der Waals surface area (Å²) in [5.41, 5.74) is 7.41. The molecule has 1 atom stereocenters. The van der Waals surface area contributed by atoms with Gasteiger partial charge in [-0.3, -0.25) is 0 Å². The van der Waals surface area contributed by atoms with Gasteiger partial charge in [-0.1, -0.05) is 38.8 Å². The van der Waals surface area contributed by atoms with Gasteiger partial charge >= 0.3 is 0 Å². The maximum Gasteiger partial charge on any atom is 0.118 e. The summed E-state index contributed by atoms with van der Waals surface area (Å²) in [5.74, 6) is 1.45. The smallest absolute Gasteiger partial charge is 0.118 e. The van der Waals surface area contributed by atoms with Crippen molar-refractivity contribution < 1.29 is 4.74 Å². The Morgan fingerprint density at radius 1 is 1.13 bits per heavy atom. The number of rotatable bonds is 5. The fraction of sp³-hybridized carbons (Fsp3) is 0.538. The van der Waals surface area contributed by atoms with Gasteiger partial charge in [0, 0.05) is 6.04 Å². The third-order valence-corrected chi connectivity index (χ3v) is 3.06. The van der Waals surface area contributed by atoms with E-state index in [2.05, 4.69) is 26.0 Å². The lowest BCUT2D eigenvalue weighted by Gasteiger charge is -2.21. The van der Waals surface area contributed by atoms with Gasteiger partial charge in [0.05, 0.1) is 7.11 Å². The van der Waals surface area contributed by atoms with E-state index in [0.29, 0.717) is 5.92 Å². The maximum absolute atomic E-state index is 6.21. The first-order valence-electron chi connectivity index (χ1n) is 5.62. The molecule has 0 radical (unpaired) electrons. The van der Waals surface area contributed by atoms with Crippen LogP contribution >= 0.6 is 0 Å². The minimum atomic E-state index is 0.144. The van der Waals surface area contributed by atoms with Crippen molar-refractivity contribution in [2.24, 2.45) is 11.7 Å². The highest BCUT2D eigenvalue weighted by molar-refractivity contribution is 5.29. The highest BCUT2D eigenvalue weighted by Crippen LogP contribution is 2.26. The van der Waals surface area contributed by atoms with E-state index in [4.69, 9.17) is 10.5 Å². The van der Waals surface area contributed by atoms with Gasteiger partial charge < -0.3 is 10.5 Å². The average Bonchev–Trinajstić information content (AvgIpc) is 2.30. The minimum absolute atomic E-state index is 0.144. The predicted molar refractivity (Wildman–Crippen MR) is 64.0 cm³/mol. The van der Waals surface area contributed by atoms with Crippen molar-refractivity contribution in [3.8, 4) is 5.75 Å². The average molecular weight is 207 g/mol. The zero-order chi connectivity index (χ0) is 11.3. The Kier molecular flexibility index (Phi) is 4.63. The predicted octanol–water partition coefficient (Wildman–Crippen LogP) is 3.13. The lowest BCUT2D eigenvalue weighted by molar-refractivity contribution is 0.401. The molecule has 0 saturated heterocycles. The zero-order valence-electron chi connectivity index (χ0n) is 9.86. The third-order valence-electron chi connectivity index (χ3n) is 3.06. The van der Waals surface area contributed by atoms with Crippen LogP contribution in [0.15, 0.2) is 24.3 Å². The van der Waals surface area contributed by atoms with E-state index in [0.717, 1.165) is 18.6 Å². The van der Waals surface area contributed by atoms with Crippen molar-refractivity contribution in [3.05, 3.63) is 29.8 Å². The molecule has 2 N–H and O–H groups in total. The molecule has 0 heterocycles. The maximum atomic E-state index is 6.21. The van der Waals surface area contributed by atoms with Gasteiger partial charge in [-0.15, -0.1) is 0 Å². The molecule has 0 aliphatic carbocycles. The monoisotopic (exact) mass is 207 g/mol. The second kappa shape index (κ2) is 5.76. The highest BCUT2D eigenvalue weighted by atomic mass is 16.5. The summed E-state index contributed by atoms with van der Waals surface area (Å²) in [5, 5.41) is 0. The van der Waals surface area contributed by atoms with Gasteiger partial charge in [0.2, 0.25) is 0 Å². The third kappa shape index (κ3) is 2.96. The second-order valence-electron chi connectivity index (χ2n) is 3.88. The first-order valence-corrected chi connectivity index (χ1v) is 5.62. The van der Waals surface area contributed by atoms with E-state index in [1.807, 2.05) is 12.1 Å². The van der Waals surface area contributed by atoms with Crippen LogP contribution in [0.3, 0.4) is 0 Å². The van der Waals surface area contributed by atoms with Crippen molar-refractivity contribution >= 4 is 0 Å². The lowest BCUT2D eigenvalue weighted by atomic mass is 9.90. The molecule has 0 spiro atoms. The number of hydrogen-bond acceptors (Lipinski definition) is 2. The summed E-state index contributed by atoms with van der Waals surface area (Å²) in [6.45, 7) is 4.38. The molecule has 2 heteroatoms. The molecule has 1 rings (SSSR count). The van der Waals surface area contributed by atoms with Gasteiger partial charge in [0.15, 0.2) is 0 Å². The van der Waals surface area contributed by atoms with Gasteiger partial charge in [0.25, 0.3) is 0 Å². The van der Waals surface area contributed by atoms with E-state index < -0.39 is 0 Å². The van der Waals surface area contributed by atoms with Crippen LogP contribution < -0.4 is 10.5 Å². The van der Waals surface area contributed by atoms with Crippen LogP contribution in [0, 0.1) is 5.92 Å². The van der Waals surface area contributed by atoms with E-state index >= 15 is 0 Å². The molecule has 84 valence electrons. The Labute approximate surface area is 92.4 Å². The van der Waals surface area contributed by atoms with Crippen LogP contribution in [-0.2, 0) is 0 Å². The molecule has 0 aliphatic heterocycles. The van der Waals surface area contributed by atoms with E-state index in [1.165, 1.54) is 5.56 Å². The van der Waals surface area contributed by atoms with E-state index in [9.17, 15) is 0 Å². The quantitative estimate of drug-likeness (QED) is 0.805. The van der Waals surface area contributed by atoms with E-state index in [-0.39, 0.29) is 6.04 Å². The van der Waals surface area contributed by atoms with Crippen LogP contribution in [0.4, 0.5) is 0 Å². The van der Waals surface area contributed by atoms with Gasteiger partial charge in [-0.2, -0.15) is 0 Å². The lowest BCUT2D eigenvalue weighted by Crippen LogP contribution is -2.20. The molecular formula is C13H21NO. The van der Waals surface area contributed by atoms with Crippen LogP contribution in [0.25, 0.3) is 0 Å². The number of benzene rings is 1. The summed E-state index contributed by atoms with van der Waals surface area (Å²) in [4.78, 5) is 0. The molecule has 1 unspecified atom stereocenters. The molecule has 0 aliphatic rings. The Bertz CT molecular complexity index is 277. The molecule has 1 aromatic rings. The fourth-order valence-corrected chi connectivity index (χ4v) is 1.89. The fourth-order valence-electron chi connectivity index (χ4n) is 1.89. The van der Waals surface area contributed by atoms with Crippen LogP contribution in [0.1, 0.15) is 38.3 Å². The molecule has 0 aromatic heterocycles. The Balaban J connectivity index is 2.76. The molecule has 2 nitrogen and oxygen atoms in total. The summed E-state index contributed by atoms with van der Waals surface area (Å²) in [7, 11) is 1.68. The molecule has 0 fully saturated rings. The Morgan fingerprint density at radius 2 is 1.67 bits per heavy atom. The van der Waals surface area contributed by atoms with Crippen molar-refractivity contribution in [1.29, 1.82) is 0 Å². The number of nitrogens with two attached hydrogens (primary N) is 1. The molecule has 0 amide bonds. The number of methoxy groups -OCH3 is 1. The number of ether oxygens (including phenoxy) is 1. The SMILES string of the molecule is CCC(CC)C(N)c1ccc(OC)cc1.